The van der Waals surface area contributed by atoms with Gasteiger partial charge in [-0.05, 0) is 27.7 Å². The Labute approximate surface area is 137 Å². The van der Waals surface area contributed by atoms with E-state index in [9.17, 15) is 4.79 Å². The number of nitrogens with one attached hydrogen (secondary N) is 1. The van der Waals surface area contributed by atoms with Crippen LogP contribution in [0.15, 0.2) is 6.20 Å². The molecule has 7 heteroatoms. The molecule has 23 heavy (non-hydrogen) atoms. The number of aromatic nitrogens is 2. The Morgan fingerprint density at radius 3 is 2.65 bits per heavy atom. The second-order valence-corrected chi connectivity index (χ2v) is 7.29. The molecule has 130 valence electrons. The van der Waals surface area contributed by atoms with E-state index in [0.717, 1.165) is 5.69 Å². The summed E-state index contributed by atoms with van der Waals surface area (Å²) in [5.74, 6) is 0.174. The third-order valence-electron chi connectivity index (χ3n) is 4.24. The molecule has 1 aliphatic heterocycles. The van der Waals surface area contributed by atoms with Gasteiger partial charge in [-0.3, -0.25) is 4.68 Å². The summed E-state index contributed by atoms with van der Waals surface area (Å²) >= 11 is 0. The van der Waals surface area contributed by atoms with Gasteiger partial charge >= 0.3 is 6.09 Å². The van der Waals surface area contributed by atoms with E-state index in [1.165, 1.54) is 0 Å². The van der Waals surface area contributed by atoms with E-state index >= 15 is 0 Å². The fourth-order valence-electron chi connectivity index (χ4n) is 2.89. The normalized spacial score (nSPS) is 28.4. The molecule has 0 spiro atoms. The molecular formula is C16H28N4O3. The largest absolute Gasteiger partial charge is 0.444 e. The Bertz CT molecular complexity index is 545. The molecule has 3 unspecified atom stereocenters. The maximum absolute atomic E-state index is 12.1. The van der Waals surface area contributed by atoms with Crippen LogP contribution in [0.2, 0.25) is 0 Å². The minimum atomic E-state index is -0.518. The van der Waals surface area contributed by atoms with E-state index < -0.39 is 11.7 Å². The quantitative estimate of drug-likeness (QED) is 0.871. The molecule has 2 rings (SSSR count). The van der Waals surface area contributed by atoms with Crippen LogP contribution in [0.1, 0.15) is 52.8 Å². The minimum absolute atomic E-state index is 0.0111. The Kier molecular flexibility index (Phi) is 4.89. The molecule has 1 aliphatic rings. The zero-order valence-electron chi connectivity index (χ0n) is 14.8. The van der Waals surface area contributed by atoms with Gasteiger partial charge in [0, 0.05) is 25.4 Å². The molecule has 0 radical (unpaired) electrons. The highest BCUT2D eigenvalue weighted by Crippen LogP contribution is 2.36. The van der Waals surface area contributed by atoms with Crippen LogP contribution in [0.3, 0.4) is 0 Å². The molecular weight excluding hydrogens is 296 g/mol. The minimum Gasteiger partial charge on any atom is -0.444 e. The second kappa shape index (κ2) is 6.39. The summed E-state index contributed by atoms with van der Waals surface area (Å²) < 4.78 is 13.2. The average molecular weight is 324 g/mol. The van der Waals surface area contributed by atoms with Crippen LogP contribution < -0.4 is 11.1 Å². The number of rotatable bonds is 2. The van der Waals surface area contributed by atoms with Gasteiger partial charge in [-0.1, -0.05) is 6.92 Å². The van der Waals surface area contributed by atoms with Crippen LogP contribution in [-0.2, 0) is 16.5 Å². The fraction of sp³-hybridized carbons (Fsp3) is 0.750. The number of hydrogen-bond acceptors (Lipinski definition) is 5. The van der Waals surface area contributed by atoms with Gasteiger partial charge in [-0.2, -0.15) is 5.10 Å². The number of carbonyl (C=O) groups is 1. The number of amides is 1. The van der Waals surface area contributed by atoms with Gasteiger partial charge < -0.3 is 20.5 Å². The Balaban J connectivity index is 2.12. The van der Waals surface area contributed by atoms with Gasteiger partial charge in [-0.25, -0.2) is 4.79 Å². The SMILES string of the molecule is CC1OC(c2c(N)cnn2C)CC(NC(=O)OC(C)(C)C)[C@H]1C. The van der Waals surface area contributed by atoms with Crippen LogP contribution in [0, 0.1) is 5.92 Å². The Morgan fingerprint density at radius 2 is 2.13 bits per heavy atom. The Hall–Kier alpha value is -1.76. The third kappa shape index (κ3) is 4.16. The summed E-state index contributed by atoms with van der Waals surface area (Å²) in [6.07, 6.45) is 1.64. The summed E-state index contributed by atoms with van der Waals surface area (Å²) in [4.78, 5) is 12.1. The summed E-state index contributed by atoms with van der Waals surface area (Å²) in [7, 11) is 1.84. The van der Waals surface area contributed by atoms with Crippen LogP contribution in [0.5, 0.6) is 0 Å². The number of alkyl carbamates (subject to hydrolysis) is 1. The molecule has 0 bridgehead atoms. The first kappa shape index (κ1) is 17.6. The maximum Gasteiger partial charge on any atom is 0.407 e. The van der Waals surface area contributed by atoms with E-state index in [4.69, 9.17) is 15.2 Å². The molecule has 1 amide bonds. The van der Waals surface area contributed by atoms with Gasteiger partial charge in [0.1, 0.15) is 11.7 Å². The van der Waals surface area contributed by atoms with Crippen LogP contribution in [0.25, 0.3) is 0 Å². The number of nitrogen functional groups attached to an aromatic ring is 1. The molecule has 7 nitrogen and oxygen atoms in total. The van der Waals surface area contributed by atoms with E-state index in [-0.39, 0.29) is 24.2 Å². The number of nitrogens with zero attached hydrogens (tertiary/aromatic N) is 2. The number of nitrogens with two attached hydrogens (primary N) is 1. The predicted octanol–water partition coefficient (Wildman–Crippen LogP) is 2.38. The highest BCUT2D eigenvalue weighted by molar-refractivity contribution is 5.68. The first-order chi connectivity index (χ1) is 10.6. The van der Waals surface area contributed by atoms with Gasteiger partial charge in [0.05, 0.1) is 23.7 Å². The smallest absolute Gasteiger partial charge is 0.407 e. The first-order valence-corrected chi connectivity index (χ1v) is 8.01. The van der Waals surface area contributed by atoms with Gasteiger partial charge in [0.25, 0.3) is 0 Å². The highest BCUT2D eigenvalue weighted by atomic mass is 16.6. The number of hydrogen-bond donors (Lipinski definition) is 2. The fourth-order valence-corrected chi connectivity index (χ4v) is 2.89. The van der Waals surface area contributed by atoms with Crippen LogP contribution in [-0.4, -0.2) is 33.6 Å². The molecule has 0 saturated carbocycles. The molecule has 1 aromatic heterocycles. The van der Waals surface area contributed by atoms with Crippen molar-refractivity contribution in [3.05, 3.63) is 11.9 Å². The topological polar surface area (TPSA) is 91.4 Å². The van der Waals surface area contributed by atoms with E-state index in [0.29, 0.717) is 12.1 Å². The van der Waals surface area contributed by atoms with Gasteiger partial charge in [0.15, 0.2) is 0 Å². The van der Waals surface area contributed by atoms with Crippen LogP contribution >= 0.6 is 0 Å². The van der Waals surface area contributed by atoms with E-state index in [1.54, 1.807) is 10.9 Å². The molecule has 0 aliphatic carbocycles. The van der Waals surface area contributed by atoms with Crippen molar-refractivity contribution in [3.8, 4) is 0 Å². The zero-order chi connectivity index (χ0) is 17.4. The number of aryl methyl sites for hydroxylation is 1. The van der Waals surface area contributed by atoms with Crippen molar-refractivity contribution in [2.45, 2.75) is 64.9 Å². The van der Waals surface area contributed by atoms with Gasteiger partial charge in [0.2, 0.25) is 0 Å². The van der Waals surface area contributed by atoms with Gasteiger partial charge in [-0.15, -0.1) is 0 Å². The predicted molar refractivity (Wildman–Crippen MR) is 87.8 cm³/mol. The van der Waals surface area contributed by atoms with Crippen molar-refractivity contribution in [2.75, 3.05) is 5.73 Å². The van der Waals surface area contributed by atoms with Crippen molar-refractivity contribution >= 4 is 11.8 Å². The summed E-state index contributed by atoms with van der Waals surface area (Å²) in [6.45, 7) is 9.62. The molecule has 1 aromatic rings. The maximum atomic E-state index is 12.1. The van der Waals surface area contributed by atoms with Crippen molar-refractivity contribution in [3.63, 3.8) is 0 Å². The molecule has 1 saturated heterocycles. The summed E-state index contributed by atoms with van der Waals surface area (Å²) in [6, 6.07) is -0.0482. The lowest BCUT2D eigenvalue weighted by Gasteiger charge is -2.39. The van der Waals surface area contributed by atoms with Crippen LogP contribution in [0.4, 0.5) is 10.5 Å². The summed E-state index contributed by atoms with van der Waals surface area (Å²) in [5.41, 5.74) is 6.94. The monoisotopic (exact) mass is 324 g/mol. The standard InChI is InChI=1S/C16H28N4O3/c1-9-10(2)22-13(14-11(17)8-18-20(14)6)7-12(9)19-15(21)23-16(3,4)5/h8-10,12-13H,7,17H2,1-6H3,(H,19,21)/t9-,10?,12?,13?/m0/s1. The molecule has 0 aromatic carbocycles. The average Bonchev–Trinajstić information content (AvgIpc) is 2.72. The van der Waals surface area contributed by atoms with Crippen molar-refractivity contribution < 1.29 is 14.3 Å². The molecule has 2 heterocycles. The third-order valence-corrected chi connectivity index (χ3v) is 4.24. The van der Waals surface area contributed by atoms with E-state index in [1.807, 2.05) is 34.7 Å². The van der Waals surface area contributed by atoms with Crippen molar-refractivity contribution in [2.24, 2.45) is 13.0 Å². The molecule has 3 N–H and O–H groups in total. The highest BCUT2D eigenvalue weighted by Gasteiger charge is 2.37. The second-order valence-electron chi connectivity index (χ2n) is 7.29. The Morgan fingerprint density at radius 1 is 1.48 bits per heavy atom. The molecule has 1 fully saturated rings. The zero-order valence-corrected chi connectivity index (χ0v) is 14.8. The lowest BCUT2D eigenvalue weighted by Crippen LogP contribution is -2.49. The lowest BCUT2D eigenvalue weighted by atomic mass is 9.87. The number of anilines is 1. The lowest BCUT2D eigenvalue weighted by molar-refractivity contribution is -0.0880. The number of carbonyl (C=O) groups excluding carboxylic acids is 1. The van der Waals surface area contributed by atoms with Crippen molar-refractivity contribution in [1.29, 1.82) is 0 Å². The summed E-state index contributed by atoms with van der Waals surface area (Å²) in [5, 5.41) is 7.14. The number of ether oxygens (including phenoxy) is 2. The van der Waals surface area contributed by atoms with E-state index in [2.05, 4.69) is 17.3 Å². The molecule has 4 atom stereocenters. The van der Waals surface area contributed by atoms with Crippen molar-refractivity contribution in [1.82, 2.24) is 15.1 Å². The first-order valence-electron chi connectivity index (χ1n) is 8.01.